The molecule has 136 valence electrons. The maximum absolute atomic E-state index is 13.0. The van der Waals surface area contributed by atoms with Gasteiger partial charge in [0.05, 0.1) is 16.7 Å². The van der Waals surface area contributed by atoms with Gasteiger partial charge in [0, 0.05) is 11.5 Å². The second kappa shape index (κ2) is 9.20. The van der Waals surface area contributed by atoms with Gasteiger partial charge in [-0.2, -0.15) is 9.67 Å². The first-order valence-electron chi connectivity index (χ1n) is 8.61. The Balaban J connectivity index is 2.44. The van der Waals surface area contributed by atoms with Crippen LogP contribution in [0.15, 0.2) is 18.2 Å². The molecule has 0 aliphatic carbocycles. The number of aromatic nitrogens is 3. The zero-order valence-electron chi connectivity index (χ0n) is 14.8. The van der Waals surface area contributed by atoms with Crippen LogP contribution in [0.2, 0.25) is 10.0 Å². The topological polar surface area (TPSA) is 57.0 Å². The van der Waals surface area contributed by atoms with E-state index in [1.54, 1.807) is 18.2 Å². The highest BCUT2D eigenvalue weighted by Gasteiger charge is 2.24. The zero-order chi connectivity index (χ0) is 18.4. The van der Waals surface area contributed by atoms with Crippen LogP contribution in [-0.4, -0.2) is 27.3 Å². The lowest BCUT2D eigenvalue weighted by atomic mass is 9.98. The standard InChI is InChI=1S/C18H23Cl2N3O2/c1-4-7-8-12(5-2)17(24)23-16(21-18(22-23)25-6-3)13-9-10-14(19)15(20)11-13/h9-12H,4-8H2,1-3H3. The molecule has 7 heteroatoms. The molecule has 0 fully saturated rings. The molecule has 0 N–H and O–H groups in total. The Morgan fingerprint density at radius 2 is 2.00 bits per heavy atom. The van der Waals surface area contributed by atoms with E-state index in [9.17, 15) is 4.79 Å². The average Bonchev–Trinajstić information content (AvgIpc) is 3.02. The predicted octanol–water partition coefficient (Wildman–Crippen LogP) is 5.51. The van der Waals surface area contributed by atoms with Gasteiger partial charge in [0.15, 0.2) is 5.82 Å². The summed E-state index contributed by atoms with van der Waals surface area (Å²) >= 11 is 12.1. The number of rotatable bonds is 8. The van der Waals surface area contributed by atoms with E-state index in [1.807, 2.05) is 13.8 Å². The van der Waals surface area contributed by atoms with Crippen LogP contribution in [0.3, 0.4) is 0 Å². The molecule has 0 saturated carbocycles. The van der Waals surface area contributed by atoms with E-state index in [0.29, 0.717) is 28.0 Å². The van der Waals surface area contributed by atoms with Crippen LogP contribution in [0.5, 0.6) is 6.01 Å². The van der Waals surface area contributed by atoms with Crippen molar-refractivity contribution in [3.8, 4) is 17.4 Å². The molecule has 0 aliphatic heterocycles. The molecule has 0 amide bonds. The van der Waals surface area contributed by atoms with Crippen LogP contribution < -0.4 is 4.74 Å². The molecule has 0 spiro atoms. The van der Waals surface area contributed by atoms with E-state index in [-0.39, 0.29) is 17.8 Å². The van der Waals surface area contributed by atoms with E-state index < -0.39 is 0 Å². The minimum atomic E-state index is -0.0994. The number of carbonyl (C=O) groups excluding carboxylic acids is 1. The highest BCUT2D eigenvalue weighted by Crippen LogP contribution is 2.29. The minimum Gasteiger partial charge on any atom is -0.463 e. The van der Waals surface area contributed by atoms with Gasteiger partial charge in [0.2, 0.25) is 0 Å². The van der Waals surface area contributed by atoms with E-state index in [2.05, 4.69) is 17.0 Å². The molecule has 2 aromatic rings. The number of hydrogen-bond donors (Lipinski definition) is 0. The third-order valence-electron chi connectivity index (χ3n) is 4.00. The monoisotopic (exact) mass is 383 g/mol. The van der Waals surface area contributed by atoms with Crippen LogP contribution >= 0.6 is 23.2 Å². The molecule has 1 heterocycles. The molecule has 1 aromatic heterocycles. The van der Waals surface area contributed by atoms with Gasteiger partial charge in [0.1, 0.15) is 0 Å². The lowest BCUT2D eigenvalue weighted by molar-refractivity contribution is 0.0804. The molecular formula is C18H23Cl2N3O2. The number of halogens is 2. The van der Waals surface area contributed by atoms with Crippen LogP contribution in [-0.2, 0) is 0 Å². The van der Waals surface area contributed by atoms with Gasteiger partial charge in [-0.3, -0.25) is 4.79 Å². The zero-order valence-corrected chi connectivity index (χ0v) is 16.3. The Bertz CT molecular complexity index is 731. The smallest absolute Gasteiger partial charge is 0.336 e. The fourth-order valence-corrected chi connectivity index (χ4v) is 2.88. The number of unbranched alkanes of at least 4 members (excludes halogenated alkanes) is 1. The van der Waals surface area contributed by atoms with Crippen molar-refractivity contribution in [3.63, 3.8) is 0 Å². The predicted molar refractivity (Wildman–Crippen MR) is 101 cm³/mol. The second-order valence-corrected chi connectivity index (χ2v) is 6.59. The summed E-state index contributed by atoms with van der Waals surface area (Å²) < 4.78 is 6.73. The Hall–Kier alpha value is -1.59. The van der Waals surface area contributed by atoms with Crippen molar-refractivity contribution < 1.29 is 9.53 Å². The quantitative estimate of drug-likeness (QED) is 0.602. The van der Waals surface area contributed by atoms with Crippen molar-refractivity contribution in [2.24, 2.45) is 5.92 Å². The van der Waals surface area contributed by atoms with Crippen LogP contribution in [0, 0.1) is 5.92 Å². The van der Waals surface area contributed by atoms with Crippen molar-refractivity contribution >= 4 is 29.1 Å². The number of ether oxygens (including phenoxy) is 1. The van der Waals surface area contributed by atoms with Gasteiger partial charge in [-0.25, -0.2) is 0 Å². The summed E-state index contributed by atoms with van der Waals surface area (Å²) in [5.41, 5.74) is 0.673. The van der Waals surface area contributed by atoms with Gasteiger partial charge in [0.25, 0.3) is 5.91 Å². The Morgan fingerprint density at radius 1 is 1.24 bits per heavy atom. The number of nitrogens with zero attached hydrogens (tertiary/aromatic N) is 3. The first-order valence-corrected chi connectivity index (χ1v) is 9.36. The first-order chi connectivity index (χ1) is 12.0. The Morgan fingerprint density at radius 3 is 2.60 bits per heavy atom. The van der Waals surface area contributed by atoms with Gasteiger partial charge < -0.3 is 4.74 Å². The molecular weight excluding hydrogens is 361 g/mol. The highest BCUT2D eigenvalue weighted by molar-refractivity contribution is 6.42. The fourth-order valence-electron chi connectivity index (χ4n) is 2.58. The van der Waals surface area contributed by atoms with Crippen molar-refractivity contribution in [3.05, 3.63) is 28.2 Å². The summed E-state index contributed by atoms with van der Waals surface area (Å²) in [6.07, 6.45) is 3.63. The third-order valence-corrected chi connectivity index (χ3v) is 4.73. The van der Waals surface area contributed by atoms with E-state index in [1.165, 1.54) is 4.68 Å². The van der Waals surface area contributed by atoms with Crippen LogP contribution in [0.1, 0.15) is 51.2 Å². The van der Waals surface area contributed by atoms with Gasteiger partial charge in [-0.1, -0.05) is 49.9 Å². The highest BCUT2D eigenvalue weighted by atomic mass is 35.5. The largest absolute Gasteiger partial charge is 0.463 e. The first kappa shape index (κ1) is 19.7. The number of hydrogen-bond acceptors (Lipinski definition) is 4. The van der Waals surface area contributed by atoms with E-state index in [4.69, 9.17) is 27.9 Å². The van der Waals surface area contributed by atoms with Crippen LogP contribution in [0.4, 0.5) is 0 Å². The molecule has 1 unspecified atom stereocenters. The SMILES string of the molecule is CCCCC(CC)C(=O)n1nc(OCC)nc1-c1ccc(Cl)c(Cl)c1. The summed E-state index contributed by atoms with van der Waals surface area (Å²) in [7, 11) is 0. The van der Waals surface area contributed by atoms with E-state index >= 15 is 0 Å². The second-order valence-electron chi connectivity index (χ2n) is 5.78. The van der Waals surface area contributed by atoms with Crippen LogP contribution in [0.25, 0.3) is 11.4 Å². The Labute approximate surface area is 158 Å². The van der Waals surface area contributed by atoms with Crippen molar-refractivity contribution in [1.29, 1.82) is 0 Å². The fraction of sp³-hybridized carbons (Fsp3) is 0.500. The van der Waals surface area contributed by atoms with Crippen molar-refractivity contribution in [2.45, 2.75) is 46.5 Å². The summed E-state index contributed by atoms with van der Waals surface area (Å²) in [4.78, 5) is 17.4. The maximum Gasteiger partial charge on any atom is 0.336 e. The summed E-state index contributed by atoms with van der Waals surface area (Å²) in [6, 6.07) is 5.31. The molecule has 5 nitrogen and oxygen atoms in total. The number of benzene rings is 1. The molecule has 0 bridgehead atoms. The third kappa shape index (κ3) is 4.73. The molecule has 1 atom stereocenters. The van der Waals surface area contributed by atoms with E-state index in [0.717, 1.165) is 25.7 Å². The maximum atomic E-state index is 13.0. The number of carbonyl (C=O) groups is 1. The molecule has 0 saturated heterocycles. The van der Waals surface area contributed by atoms with Crippen molar-refractivity contribution in [1.82, 2.24) is 14.8 Å². The summed E-state index contributed by atoms with van der Waals surface area (Å²) in [6.45, 7) is 6.39. The normalized spacial score (nSPS) is 12.2. The van der Waals surface area contributed by atoms with Gasteiger partial charge in [-0.15, -0.1) is 5.10 Å². The molecule has 2 rings (SSSR count). The average molecular weight is 384 g/mol. The molecule has 25 heavy (non-hydrogen) atoms. The molecule has 0 radical (unpaired) electrons. The molecule has 1 aromatic carbocycles. The lowest BCUT2D eigenvalue weighted by Gasteiger charge is -2.14. The van der Waals surface area contributed by atoms with Crippen molar-refractivity contribution in [2.75, 3.05) is 6.61 Å². The summed E-state index contributed by atoms with van der Waals surface area (Å²) in [5, 5.41) is 5.11. The lowest BCUT2D eigenvalue weighted by Crippen LogP contribution is -2.23. The summed E-state index contributed by atoms with van der Waals surface area (Å²) in [5.74, 6) is 0.245. The Kier molecular flexibility index (Phi) is 7.26. The van der Waals surface area contributed by atoms with Gasteiger partial charge in [-0.05, 0) is 38.0 Å². The minimum absolute atomic E-state index is 0.0736. The molecule has 0 aliphatic rings. The van der Waals surface area contributed by atoms with Gasteiger partial charge >= 0.3 is 6.01 Å².